The molecule has 1 amide bonds. The maximum atomic E-state index is 12.9. The molecule has 0 unspecified atom stereocenters. The number of carbonyl (C=O) groups excluding carboxylic acids is 1. The summed E-state index contributed by atoms with van der Waals surface area (Å²) in [5.41, 5.74) is 2.74. The zero-order chi connectivity index (χ0) is 21.4. The Morgan fingerprint density at radius 2 is 1.83 bits per heavy atom. The summed E-state index contributed by atoms with van der Waals surface area (Å²) in [5.74, 6) is 0.329. The van der Waals surface area contributed by atoms with Crippen LogP contribution in [-0.4, -0.2) is 47.8 Å². The van der Waals surface area contributed by atoms with Gasteiger partial charge in [-0.2, -0.15) is 5.10 Å². The van der Waals surface area contributed by atoms with Crippen molar-refractivity contribution < 1.29 is 13.2 Å². The van der Waals surface area contributed by atoms with Crippen LogP contribution in [0.15, 0.2) is 30.3 Å². The molecule has 1 aliphatic rings. The number of aromatic nitrogens is 2. The maximum absolute atomic E-state index is 12.9. The summed E-state index contributed by atoms with van der Waals surface area (Å²) in [6, 6.07) is 9.90. The van der Waals surface area contributed by atoms with Crippen LogP contribution in [-0.2, 0) is 20.2 Å². The number of sulfonamides is 1. The predicted octanol–water partition coefficient (Wildman–Crippen LogP) is 3.09. The van der Waals surface area contributed by atoms with Gasteiger partial charge in [-0.3, -0.25) is 4.79 Å². The lowest BCUT2D eigenvalue weighted by atomic mass is 9.92. The first-order chi connectivity index (χ1) is 13.4. The minimum absolute atomic E-state index is 0.0904. The Morgan fingerprint density at radius 1 is 1.17 bits per heavy atom. The lowest BCUT2D eigenvalue weighted by Gasteiger charge is -2.29. The number of amides is 1. The number of nitrogens with zero attached hydrogens (tertiary/aromatic N) is 3. The molecule has 1 aromatic carbocycles. The summed E-state index contributed by atoms with van der Waals surface area (Å²) < 4.78 is 26.6. The Balaban J connectivity index is 1.83. The zero-order valence-corrected chi connectivity index (χ0v) is 18.6. The summed E-state index contributed by atoms with van der Waals surface area (Å²) in [7, 11) is -3.21. The van der Waals surface area contributed by atoms with Crippen molar-refractivity contribution in [2.75, 3.05) is 24.7 Å². The SMILES string of the molecule is Cc1cccc(-n2nc(C(C)(C)C)cc2NC(=O)C2CCN(S(C)(=O)=O)CC2)c1. The molecule has 0 atom stereocenters. The predicted molar refractivity (Wildman–Crippen MR) is 115 cm³/mol. The molecule has 2 aromatic rings. The minimum atomic E-state index is -3.21. The fourth-order valence-electron chi connectivity index (χ4n) is 3.47. The Kier molecular flexibility index (Phi) is 5.87. The maximum Gasteiger partial charge on any atom is 0.228 e. The third kappa shape index (κ3) is 5.05. The van der Waals surface area contributed by atoms with Crippen LogP contribution in [0.4, 0.5) is 5.82 Å². The van der Waals surface area contributed by atoms with Gasteiger partial charge in [0.25, 0.3) is 0 Å². The average molecular weight is 419 g/mol. The highest BCUT2D eigenvalue weighted by molar-refractivity contribution is 7.88. The van der Waals surface area contributed by atoms with Crippen LogP contribution in [0.25, 0.3) is 5.69 Å². The third-order valence-corrected chi connectivity index (χ3v) is 6.57. The second-order valence-electron chi connectivity index (χ2n) is 8.84. The normalized spacial score (nSPS) is 16.7. The van der Waals surface area contributed by atoms with Crippen LogP contribution in [0.5, 0.6) is 0 Å². The molecule has 3 rings (SSSR count). The van der Waals surface area contributed by atoms with Crippen molar-refractivity contribution in [1.82, 2.24) is 14.1 Å². The number of carbonyl (C=O) groups is 1. The van der Waals surface area contributed by atoms with Crippen LogP contribution in [0.3, 0.4) is 0 Å². The molecule has 8 heteroatoms. The van der Waals surface area contributed by atoms with E-state index in [1.165, 1.54) is 10.6 Å². The molecule has 7 nitrogen and oxygen atoms in total. The smallest absolute Gasteiger partial charge is 0.228 e. The second kappa shape index (κ2) is 7.91. The van der Waals surface area contributed by atoms with Crippen molar-refractivity contribution in [2.45, 2.75) is 46.0 Å². The number of piperidine rings is 1. The Morgan fingerprint density at radius 3 is 2.38 bits per heavy atom. The molecule has 0 bridgehead atoms. The van der Waals surface area contributed by atoms with Crippen LogP contribution in [0, 0.1) is 12.8 Å². The van der Waals surface area contributed by atoms with Crippen LogP contribution in [0.2, 0.25) is 0 Å². The number of hydrogen-bond acceptors (Lipinski definition) is 4. The van der Waals surface area contributed by atoms with Gasteiger partial charge in [0.2, 0.25) is 15.9 Å². The highest BCUT2D eigenvalue weighted by atomic mass is 32.2. The third-order valence-electron chi connectivity index (χ3n) is 5.27. The van der Waals surface area contributed by atoms with Gasteiger partial charge in [0.15, 0.2) is 0 Å². The molecule has 0 radical (unpaired) electrons. The number of aryl methyl sites for hydroxylation is 1. The van der Waals surface area contributed by atoms with Crippen LogP contribution < -0.4 is 5.32 Å². The van der Waals surface area contributed by atoms with Gasteiger partial charge >= 0.3 is 0 Å². The molecule has 0 spiro atoms. The number of hydrogen-bond donors (Lipinski definition) is 1. The summed E-state index contributed by atoms with van der Waals surface area (Å²) in [6.45, 7) is 9.03. The highest BCUT2D eigenvalue weighted by Crippen LogP contribution is 2.28. The Bertz CT molecular complexity index is 997. The second-order valence-corrected chi connectivity index (χ2v) is 10.8. The van der Waals surface area contributed by atoms with Crippen molar-refractivity contribution in [3.63, 3.8) is 0 Å². The van der Waals surface area contributed by atoms with E-state index in [9.17, 15) is 13.2 Å². The zero-order valence-electron chi connectivity index (χ0n) is 17.8. The first kappa shape index (κ1) is 21.5. The van der Waals surface area contributed by atoms with Crippen LogP contribution in [0.1, 0.15) is 44.9 Å². The van der Waals surface area contributed by atoms with Gasteiger partial charge in [-0.25, -0.2) is 17.4 Å². The standard InChI is InChI=1S/C21H30N4O3S/c1-15-7-6-8-17(13-15)25-19(14-18(23-25)21(2,3)4)22-20(26)16-9-11-24(12-10-16)29(5,27)28/h6-8,13-14,16H,9-12H2,1-5H3,(H,22,26). The van der Waals surface area contributed by atoms with E-state index in [0.717, 1.165) is 16.9 Å². The summed E-state index contributed by atoms with van der Waals surface area (Å²) >= 11 is 0. The number of anilines is 1. The van der Waals surface area contributed by atoms with E-state index in [4.69, 9.17) is 5.10 Å². The molecule has 0 aliphatic carbocycles. The molecular weight excluding hydrogens is 388 g/mol. The van der Waals surface area contributed by atoms with Crippen LogP contribution >= 0.6 is 0 Å². The topological polar surface area (TPSA) is 84.3 Å². The van der Waals surface area contributed by atoms with Crippen molar-refractivity contribution in [2.24, 2.45) is 5.92 Å². The van der Waals surface area contributed by atoms with Crippen molar-refractivity contribution >= 4 is 21.7 Å². The van der Waals surface area contributed by atoms with E-state index >= 15 is 0 Å². The number of nitrogens with one attached hydrogen (secondary N) is 1. The van der Waals surface area contributed by atoms with Gasteiger partial charge in [-0.1, -0.05) is 32.9 Å². The number of rotatable bonds is 4. The first-order valence-electron chi connectivity index (χ1n) is 9.89. The van der Waals surface area contributed by atoms with Crippen molar-refractivity contribution in [1.29, 1.82) is 0 Å². The van der Waals surface area contributed by atoms with Gasteiger partial charge in [0.1, 0.15) is 5.82 Å². The van der Waals surface area contributed by atoms with E-state index < -0.39 is 10.0 Å². The van der Waals surface area contributed by atoms with Gasteiger partial charge in [-0.15, -0.1) is 0 Å². The molecule has 1 saturated heterocycles. The summed E-state index contributed by atoms with van der Waals surface area (Å²) in [5, 5.41) is 7.79. The highest BCUT2D eigenvalue weighted by Gasteiger charge is 2.30. The molecule has 1 aliphatic heterocycles. The van der Waals surface area contributed by atoms with Crippen molar-refractivity contribution in [3.05, 3.63) is 41.6 Å². The fraction of sp³-hybridized carbons (Fsp3) is 0.524. The van der Waals surface area contributed by atoms with Gasteiger partial charge in [0.05, 0.1) is 17.6 Å². The first-order valence-corrected chi connectivity index (χ1v) is 11.7. The van der Waals surface area contributed by atoms with Gasteiger partial charge < -0.3 is 5.32 Å². The Hall–Kier alpha value is -2.19. The molecule has 1 N–H and O–H groups in total. The minimum Gasteiger partial charge on any atom is -0.310 e. The molecule has 29 heavy (non-hydrogen) atoms. The quantitative estimate of drug-likeness (QED) is 0.827. The molecule has 1 aromatic heterocycles. The van der Waals surface area contributed by atoms with E-state index in [0.29, 0.717) is 31.7 Å². The van der Waals surface area contributed by atoms with Gasteiger partial charge in [-0.05, 0) is 37.5 Å². The molecule has 2 heterocycles. The molecule has 0 saturated carbocycles. The number of benzene rings is 1. The van der Waals surface area contributed by atoms with E-state index in [2.05, 4.69) is 26.1 Å². The summed E-state index contributed by atoms with van der Waals surface area (Å²) in [4.78, 5) is 12.9. The van der Waals surface area contributed by atoms with E-state index in [1.807, 2.05) is 37.3 Å². The van der Waals surface area contributed by atoms with Crippen molar-refractivity contribution in [3.8, 4) is 5.69 Å². The Labute approximate surface area is 173 Å². The lowest BCUT2D eigenvalue weighted by Crippen LogP contribution is -2.41. The lowest BCUT2D eigenvalue weighted by molar-refractivity contribution is -0.120. The monoisotopic (exact) mass is 418 g/mol. The molecular formula is C21H30N4O3S. The fourth-order valence-corrected chi connectivity index (χ4v) is 4.35. The van der Waals surface area contributed by atoms with E-state index in [1.54, 1.807) is 4.68 Å². The molecule has 1 fully saturated rings. The largest absolute Gasteiger partial charge is 0.310 e. The molecule has 158 valence electrons. The average Bonchev–Trinajstić information content (AvgIpc) is 3.05. The van der Waals surface area contributed by atoms with Gasteiger partial charge in [0, 0.05) is 30.5 Å². The summed E-state index contributed by atoms with van der Waals surface area (Å²) in [6.07, 6.45) is 2.25. The van der Waals surface area contributed by atoms with E-state index in [-0.39, 0.29) is 17.2 Å².